The summed E-state index contributed by atoms with van der Waals surface area (Å²) in [5, 5.41) is 8.45. The number of rotatable bonds is 5. The summed E-state index contributed by atoms with van der Waals surface area (Å²) in [5.41, 5.74) is 1.94. The lowest BCUT2D eigenvalue weighted by Crippen LogP contribution is -2.40. The molecular formula is C20H26N4O. The zero-order valence-corrected chi connectivity index (χ0v) is 14.9. The molecule has 5 heteroatoms. The van der Waals surface area contributed by atoms with E-state index in [2.05, 4.69) is 14.8 Å². The van der Waals surface area contributed by atoms with Crippen LogP contribution in [0.25, 0.3) is 0 Å². The van der Waals surface area contributed by atoms with Gasteiger partial charge in [0.2, 0.25) is 0 Å². The van der Waals surface area contributed by atoms with Gasteiger partial charge in [0.15, 0.2) is 0 Å². The molecule has 1 aliphatic heterocycles. The highest BCUT2D eigenvalue weighted by molar-refractivity contribution is 5.94. The molecule has 25 heavy (non-hydrogen) atoms. The van der Waals surface area contributed by atoms with Crippen molar-refractivity contribution < 1.29 is 4.79 Å². The van der Waals surface area contributed by atoms with Crippen molar-refractivity contribution in [2.45, 2.75) is 45.6 Å². The van der Waals surface area contributed by atoms with Crippen LogP contribution in [0.3, 0.4) is 0 Å². The van der Waals surface area contributed by atoms with Gasteiger partial charge < -0.3 is 9.47 Å². The van der Waals surface area contributed by atoms with Crippen LogP contribution in [0.2, 0.25) is 0 Å². The minimum atomic E-state index is 0.160. The van der Waals surface area contributed by atoms with Crippen molar-refractivity contribution in [2.75, 3.05) is 13.1 Å². The first-order valence-electron chi connectivity index (χ1n) is 9.41. The molecule has 0 bridgehead atoms. The number of hydrogen-bond donors (Lipinski definition) is 0. The molecule has 2 aromatic rings. The van der Waals surface area contributed by atoms with E-state index in [0.717, 1.165) is 61.8 Å². The Morgan fingerprint density at radius 3 is 2.92 bits per heavy atom. The summed E-state index contributed by atoms with van der Waals surface area (Å²) in [6, 6.07) is 7.90. The Morgan fingerprint density at radius 2 is 2.12 bits per heavy atom. The van der Waals surface area contributed by atoms with E-state index in [1.54, 1.807) is 0 Å². The molecule has 0 spiro atoms. The molecule has 1 amide bonds. The molecule has 132 valence electrons. The molecule has 1 saturated heterocycles. The maximum atomic E-state index is 12.8. The highest BCUT2D eigenvalue weighted by Crippen LogP contribution is 2.31. The largest absolute Gasteiger partial charge is 0.338 e. The number of nitrogens with zero attached hydrogens (tertiary/aromatic N) is 4. The van der Waals surface area contributed by atoms with Crippen molar-refractivity contribution in [1.82, 2.24) is 19.7 Å². The van der Waals surface area contributed by atoms with Crippen molar-refractivity contribution in [3.63, 3.8) is 0 Å². The topological polar surface area (TPSA) is 51.0 Å². The third-order valence-corrected chi connectivity index (χ3v) is 5.39. The van der Waals surface area contributed by atoms with Gasteiger partial charge in [0.05, 0.1) is 0 Å². The van der Waals surface area contributed by atoms with Gasteiger partial charge in [-0.25, -0.2) is 0 Å². The van der Waals surface area contributed by atoms with Crippen LogP contribution in [0.15, 0.2) is 30.6 Å². The Labute approximate surface area is 149 Å². The van der Waals surface area contributed by atoms with Crippen molar-refractivity contribution in [3.05, 3.63) is 47.5 Å². The molecule has 1 atom stereocenters. The first-order valence-corrected chi connectivity index (χ1v) is 9.41. The Hall–Kier alpha value is -2.17. The summed E-state index contributed by atoms with van der Waals surface area (Å²) in [6.45, 7) is 4.77. The Balaban J connectivity index is 1.41. The lowest BCUT2D eigenvalue weighted by atomic mass is 9.94. The minimum absolute atomic E-state index is 0.160. The molecule has 1 aliphatic carbocycles. The molecule has 2 heterocycles. The second-order valence-electron chi connectivity index (χ2n) is 7.68. The van der Waals surface area contributed by atoms with Crippen molar-refractivity contribution in [1.29, 1.82) is 0 Å². The number of carbonyl (C=O) groups excluding carboxylic acids is 1. The Bertz CT molecular complexity index is 750. The van der Waals surface area contributed by atoms with Crippen LogP contribution in [0, 0.1) is 18.8 Å². The summed E-state index contributed by atoms with van der Waals surface area (Å²) in [4.78, 5) is 14.8. The molecule has 1 saturated carbocycles. The molecule has 0 N–H and O–H groups in total. The van der Waals surface area contributed by atoms with E-state index in [1.165, 1.54) is 12.8 Å². The average Bonchev–Trinajstić information content (AvgIpc) is 3.34. The Morgan fingerprint density at radius 1 is 1.24 bits per heavy atom. The predicted octanol–water partition coefficient (Wildman–Crippen LogP) is 3.09. The summed E-state index contributed by atoms with van der Waals surface area (Å²) >= 11 is 0. The normalized spacial score (nSPS) is 20.7. The van der Waals surface area contributed by atoms with Crippen LogP contribution in [0.5, 0.6) is 0 Å². The van der Waals surface area contributed by atoms with E-state index in [1.807, 2.05) is 42.4 Å². The van der Waals surface area contributed by atoms with Crippen LogP contribution in [0.4, 0.5) is 0 Å². The standard InChI is InChI=1S/C20H26N4O/c1-15-4-2-6-18(10-15)20(25)23-9-3-5-17(13-23)11-19-22-21-14-24(19)12-16-7-8-16/h2,4,6,10,14,16-17H,3,5,7-9,11-13H2,1H3. The second kappa shape index (κ2) is 6.98. The van der Waals surface area contributed by atoms with Crippen molar-refractivity contribution in [3.8, 4) is 0 Å². The quantitative estimate of drug-likeness (QED) is 0.842. The first kappa shape index (κ1) is 16.3. The summed E-state index contributed by atoms with van der Waals surface area (Å²) < 4.78 is 2.22. The number of hydrogen-bond acceptors (Lipinski definition) is 3. The maximum absolute atomic E-state index is 12.8. The smallest absolute Gasteiger partial charge is 0.253 e. The lowest BCUT2D eigenvalue weighted by Gasteiger charge is -2.32. The van der Waals surface area contributed by atoms with Gasteiger partial charge in [-0.15, -0.1) is 10.2 Å². The molecule has 0 radical (unpaired) electrons. The summed E-state index contributed by atoms with van der Waals surface area (Å²) in [7, 11) is 0. The van der Waals surface area contributed by atoms with Gasteiger partial charge in [0, 0.05) is 31.6 Å². The van der Waals surface area contributed by atoms with Gasteiger partial charge in [-0.1, -0.05) is 17.7 Å². The number of piperidine rings is 1. The van der Waals surface area contributed by atoms with E-state index < -0.39 is 0 Å². The zero-order valence-electron chi connectivity index (χ0n) is 14.9. The minimum Gasteiger partial charge on any atom is -0.338 e. The number of carbonyl (C=O) groups is 1. The maximum Gasteiger partial charge on any atom is 0.253 e. The van der Waals surface area contributed by atoms with Crippen LogP contribution < -0.4 is 0 Å². The van der Waals surface area contributed by atoms with Gasteiger partial charge in [-0.05, 0) is 56.6 Å². The van der Waals surface area contributed by atoms with E-state index >= 15 is 0 Å². The van der Waals surface area contributed by atoms with Gasteiger partial charge in [0.1, 0.15) is 12.2 Å². The number of aryl methyl sites for hydroxylation is 1. The Kier molecular flexibility index (Phi) is 4.55. The van der Waals surface area contributed by atoms with Crippen LogP contribution in [0.1, 0.15) is 47.4 Å². The SMILES string of the molecule is Cc1cccc(C(=O)N2CCCC(Cc3nncn3CC3CC3)C2)c1. The molecule has 1 aromatic heterocycles. The number of amides is 1. The number of aromatic nitrogens is 3. The highest BCUT2D eigenvalue weighted by atomic mass is 16.2. The summed E-state index contributed by atoms with van der Waals surface area (Å²) in [5.74, 6) is 2.54. The van der Waals surface area contributed by atoms with Crippen LogP contribution in [-0.4, -0.2) is 38.7 Å². The lowest BCUT2D eigenvalue weighted by molar-refractivity contribution is 0.0671. The van der Waals surface area contributed by atoms with Gasteiger partial charge >= 0.3 is 0 Å². The molecule has 5 nitrogen and oxygen atoms in total. The van der Waals surface area contributed by atoms with Crippen molar-refractivity contribution >= 4 is 5.91 Å². The van der Waals surface area contributed by atoms with Gasteiger partial charge in [-0.2, -0.15) is 0 Å². The number of benzene rings is 1. The third-order valence-electron chi connectivity index (χ3n) is 5.39. The molecule has 4 rings (SSSR count). The fourth-order valence-electron chi connectivity index (χ4n) is 3.80. The van der Waals surface area contributed by atoms with Crippen LogP contribution in [-0.2, 0) is 13.0 Å². The van der Waals surface area contributed by atoms with E-state index in [0.29, 0.717) is 5.92 Å². The molecular weight excluding hydrogens is 312 g/mol. The number of likely N-dealkylation sites (tertiary alicyclic amines) is 1. The summed E-state index contributed by atoms with van der Waals surface area (Å²) in [6.07, 6.45) is 7.68. The molecule has 1 unspecified atom stereocenters. The molecule has 1 aromatic carbocycles. The van der Waals surface area contributed by atoms with Crippen molar-refractivity contribution in [2.24, 2.45) is 11.8 Å². The average molecular weight is 338 g/mol. The van der Waals surface area contributed by atoms with E-state index in [4.69, 9.17) is 0 Å². The highest BCUT2D eigenvalue weighted by Gasteiger charge is 2.27. The first-order chi connectivity index (χ1) is 12.2. The predicted molar refractivity (Wildman–Crippen MR) is 96.3 cm³/mol. The molecule has 2 fully saturated rings. The monoisotopic (exact) mass is 338 g/mol. The second-order valence-corrected chi connectivity index (χ2v) is 7.68. The molecule has 2 aliphatic rings. The van der Waals surface area contributed by atoms with Gasteiger partial charge in [-0.3, -0.25) is 4.79 Å². The fraction of sp³-hybridized carbons (Fsp3) is 0.550. The van der Waals surface area contributed by atoms with E-state index in [9.17, 15) is 4.79 Å². The van der Waals surface area contributed by atoms with E-state index in [-0.39, 0.29) is 5.91 Å². The zero-order chi connectivity index (χ0) is 17.2. The van der Waals surface area contributed by atoms with Gasteiger partial charge in [0.25, 0.3) is 5.91 Å². The van der Waals surface area contributed by atoms with Crippen LogP contribution >= 0.6 is 0 Å². The third kappa shape index (κ3) is 3.91. The fourth-order valence-corrected chi connectivity index (χ4v) is 3.80.